The van der Waals surface area contributed by atoms with Crippen LogP contribution in [0, 0.1) is 0 Å². The molecule has 2 aromatic heterocycles. The largest absolute Gasteiger partial charge is 0.383 e. The van der Waals surface area contributed by atoms with Crippen LogP contribution in [0.5, 0.6) is 0 Å². The Balaban J connectivity index is 1.89. The minimum absolute atomic E-state index is 0.159. The lowest BCUT2D eigenvalue weighted by atomic mass is 10.4. The molecule has 0 aliphatic rings. The second-order valence-electron chi connectivity index (χ2n) is 4.12. The number of halogens is 2. The van der Waals surface area contributed by atoms with Gasteiger partial charge in [-0.1, -0.05) is 35.0 Å². The van der Waals surface area contributed by atoms with Crippen molar-refractivity contribution in [2.24, 2.45) is 0 Å². The van der Waals surface area contributed by atoms with Gasteiger partial charge in [-0.3, -0.25) is 4.79 Å². The van der Waals surface area contributed by atoms with E-state index in [1.807, 2.05) is 4.57 Å². The Morgan fingerprint density at radius 2 is 2.32 bits per heavy atom. The van der Waals surface area contributed by atoms with Crippen molar-refractivity contribution < 1.29 is 9.53 Å². The molecule has 0 atom stereocenters. The van der Waals surface area contributed by atoms with E-state index in [4.69, 9.17) is 27.9 Å². The highest BCUT2D eigenvalue weighted by atomic mass is 35.5. The van der Waals surface area contributed by atoms with Crippen LogP contribution in [0.2, 0.25) is 10.0 Å². The molecule has 0 saturated carbocycles. The second-order valence-corrected chi connectivity index (χ2v) is 5.91. The van der Waals surface area contributed by atoms with E-state index in [-0.39, 0.29) is 22.5 Å². The van der Waals surface area contributed by atoms with Crippen molar-refractivity contribution in [3.8, 4) is 0 Å². The first-order chi connectivity index (χ1) is 10.6. The Bertz CT molecular complexity index is 652. The fourth-order valence-electron chi connectivity index (χ4n) is 1.50. The average Bonchev–Trinajstić information content (AvgIpc) is 2.93. The molecule has 0 saturated heterocycles. The number of anilines is 1. The maximum atomic E-state index is 11.9. The fraction of sp³-hybridized carbons (Fsp3) is 0.333. The van der Waals surface area contributed by atoms with Crippen molar-refractivity contribution in [1.29, 1.82) is 0 Å². The lowest BCUT2D eigenvalue weighted by molar-refractivity contribution is -0.113. The molecule has 0 spiro atoms. The number of ether oxygens (including phenoxy) is 1. The molecule has 2 rings (SSSR count). The van der Waals surface area contributed by atoms with Gasteiger partial charge in [-0.15, -0.1) is 10.2 Å². The molecular formula is C12H13Cl2N5O2S. The summed E-state index contributed by atoms with van der Waals surface area (Å²) < 4.78 is 6.81. The summed E-state index contributed by atoms with van der Waals surface area (Å²) in [6.07, 6.45) is 3.01. The van der Waals surface area contributed by atoms with E-state index in [0.29, 0.717) is 23.3 Å². The molecule has 0 aliphatic heterocycles. The topological polar surface area (TPSA) is 81.9 Å². The predicted molar refractivity (Wildman–Crippen MR) is 85.5 cm³/mol. The summed E-state index contributed by atoms with van der Waals surface area (Å²) in [5.74, 6) is 0.187. The van der Waals surface area contributed by atoms with Gasteiger partial charge in [0, 0.05) is 19.9 Å². The Kier molecular flexibility index (Phi) is 6.44. The van der Waals surface area contributed by atoms with Crippen molar-refractivity contribution in [2.45, 2.75) is 11.7 Å². The van der Waals surface area contributed by atoms with Crippen molar-refractivity contribution >= 4 is 46.7 Å². The number of rotatable bonds is 7. The number of thioether (sulfide) groups is 1. The van der Waals surface area contributed by atoms with Crippen LogP contribution in [-0.4, -0.2) is 45.1 Å². The SMILES string of the molecule is COCCn1cnnc1SCC(=O)Nc1ncc(Cl)cc1Cl. The fourth-order valence-corrected chi connectivity index (χ4v) is 2.67. The van der Waals surface area contributed by atoms with Crippen molar-refractivity contribution in [1.82, 2.24) is 19.7 Å². The summed E-state index contributed by atoms with van der Waals surface area (Å²) in [5, 5.41) is 11.7. The summed E-state index contributed by atoms with van der Waals surface area (Å²) in [6.45, 7) is 1.17. The first-order valence-electron chi connectivity index (χ1n) is 6.20. The van der Waals surface area contributed by atoms with E-state index in [0.717, 1.165) is 0 Å². The number of nitrogens with zero attached hydrogens (tertiary/aromatic N) is 4. The zero-order valence-electron chi connectivity index (χ0n) is 11.6. The molecule has 0 unspecified atom stereocenters. The average molecular weight is 362 g/mol. The van der Waals surface area contributed by atoms with Crippen LogP contribution in [0.4, 0.5) is 5.82 Å². The minimum Gasteiger partial charge on any atom is -0.383 e. The van der Waals surface area contributed by atoms with Gasteiger partial charge in [-0.05, 0) is 6.07 Å². The molecule has 1 N–H and O–H groups in total. The van der Waals surface area contributed by atoms with Gasteiger partial charge in [-0.2, -0.15) is 0 Å². The molecular weight excluding hydrogens is 349 g/mol. The maximum absolute atomic E-state index is 11.9. The number of aromatic nitrogens is 4. The Hall–Kier alpha value is -1.35. The third kappa shape index (κ3) is 4.84. The standard InChI is InChI=1S/C12H13Cl2N5O2S/c1-21-3-2-19-7-16-18-12(19)22-6-10(20)17-11-9(14)4-8(13)5-15-11/h4-5,7H,2-3,6H2,1H3,(H,15,17,20). The lowest BCUT2D eigenvalue weighted by Crippen LogP contribution is -2.16. The molecule has 7 nitrogen and oxygen atoms in total. The molecule has 0 fully saturated rings. The molecule has 2 aromatic rings. The third-order valence-electron chi connectivity index (χ3n) is 2.51. The molecule has 0 radical (unpaired) electrons. The number of carbonyl (C=O) groups is 1. The van der Waals surface area contributed by atoms with Gasteiger partial charge in [0.2, 0.25) is 5.91 Å². The molecule has 0 aromatic carbocycles. The molecule has 10 heteroatoms. The smallest absolute Gasteiger partial charge is 0.236 e. The highest BCUT2D eigenvalue weighted by Gasteiger charge is 2.11. The maximum Gasteiger partial charge on any atom is 0.236 e. The summed E-state index contributed by atoms with van der Waals surface area (Å²) >= 11 is 13.0. The number of pyridine rings is 1. The number of methoxy groups -OCH3 is 1. The lowest BCUT2D eigenvalue weighted by Gasteiger charge is -2.07. The first-order valence-corrected chi connectivity index (χ1v) is 7.94. The van der Waals surface area contributed by atoms with E-state index in [2.05, 4.69) is 20.5 Å². The van der Waals surface area contributed by atoms with Crippen LogP contribution in [0.3, 0.4) is 0 Å². The number of nitrogens with one attached hydrogen (secondary N) is 1. The quantitative estimate of drug-likeness (QED) is 0.762. The molecule has 2 heterocycles. The number of hydrogen-bond acceptors (Lipinski definition) is 6. The molecule has 0 bridgehead atoms. The van der Waals surface area contributed by atoms with Gasteiger partial charge in [0.25, 0.3) is 0 Å². The summed E-state index contributed by atoms with van der Waals surface area (Å²) in [6, 6.07) is 1.51. The number of hydrogen-bond donors (Lipinski definition) is 1. The summed E-state index contributed by atoms with van der Waals surface area (Å²) in [4.78, 5) is 15.9. The van der Waals surface area contributed by atoms with Crippen LogP contribution in [0.1, 0.15) is 0 Å². The van der Waals surface area contributed by atoms with Gasteiger partial charge < -0.3 is 14.6 Å². The predicted octanol–water partition coefficient (Wildman–Crippen LogP) is 2.36. The Morgan fingerprint density at radius 1 is 1.50 bits per heavy atom. The van der Waals surface area contributed by atoms with Crippen LogP contribution in [-0.2, 0) is 16.1 Å². The van der Waals surface area contributed by atoms with Gasteiger partial charge in [-0.25, -0.2) is 4.98 Å². The van der Waals surface area contributed by atoms with E-state index < -0.39 is 0 Å². The van der Waals surface area contributed by atoms with Gasteiger partial charge >= 0.3 is 0 Å². The van der Waals surface area contributed by atoms with Crippen LogP contribution in [0.25, 0.3) is 0 Å². The third-order valence-corrected chi connectivity index (χ3v) is 3.99. The zero-order chi connectivity index (χ0) is 15.9. The minimum atomic E-state index is -0.247. The Morgan fingerprint density at radius 3 is 3.05 bits per heavy atom. The highest BCUT2D eigenvalue weighted by Crippen LogP contribution is 2.23. The van der Waals surface area contributed by atoms with E-state index in [9.17, 15) is 4.79 Å². The number of amides is 1. The molecule has 118 valence electrons. The van der Waals surface area contributed by atoms with Crippen LogP contribution >= 0.6 is 35.0 Å². The van der Waals surface area contributed by atoms with Gasteiger partial charge in [0.05, 0.1) is 22.4 Å². The summed E-state index contributed by atoms with van der Waals surface area (Å²) in [5.41, 5.74) is 0. The normalized spacial score (nSPS) is 10.7. The first kappa shape index (κ1) is 17.0. The second kappa shape index (κ2) is 8.33. The molecule has 0 aliphatic carbocycles. The van der Waals surface area contributed by atoms with Gasteiger partial charge in [0.1, 0.15) is 6.33 Å². The van der Waals surface area contributed by atoms with Crippen LogP contribution in [0.15, 0.2) is 23.7 Å². The molecule has 1 amide bonds. The van der Waals surface area contributed by atoms with Crippen LogP contribution < -0.4 is 5.32 Å². The van der Waals surface area contributed by atoms with Crippen molar-refractivity contribution in [2.75, 3.05) is 24.8 Å². The van der Waals surface area contributed by atoms with Crippen molar-refractivity contribution in [3.63, 3.8) is 0 Å². The highest BCUT2D eigenvalue weighted by molar-refractivity contribution is 7.99. The summed E-state index contributed by atoms with van der Waals surface area (Å²) in [7, 11) is 1.62. The Labute approximate surface area is 141 Å². The monoisotopic (exact) mass is 361 g/mol. The van der Waals surface area contributed by atoms with E-state index >= 15 is 0 Å². The zero-order valence-corrected chi connectivity index (χ0v) is 14.0. The molecule has 22 heavy (non-hydrogen) atoms. The van der Waals surface area contributed by atoms with E-state index in [1.165, 1.54) is 24.0 Å². The van der Waals surface area contributed by atoms with Crippen molar-refractivity contribution in [3.05, 3.63) is 28.6 Å². The van der Waals surface area contributed by atoms with Gasteiger partial charge in [0.15, 0.2) is 11.0 Å². The number of carbonyl (C=O) groups excluding carboxylic acids is 1. The van der Waals surface area contributed by atoms with E-state index in [1.54, 1.807) is 13.4 Å².